The summed E-state index contributed by atoms with van der Waals surface area (Å²) in [6.07, 6.45) is 4.03. The summed E-state index contributed by atoms with van der Waals surface area (Å²) in [6, 6.07) is 95.9. The number of fused-ring (bicyclic) bond motifs is 4. The summed E-state index contributed by atoms with van der Waals surface area (Å²) in [4.78, 5) is 52.6. The van der Waals surface area contributed by atoms with Crippen LogP contribution in [0.1, 0.15) is 33.6 Å². The average molecular weight is 1800 g/mol. The van der Waals surface area contributed by atoms with E-state index in [1.54, 1.807) is 14.2 Å². The van der Waals surface area contributed by atoms with Gasteiger partial charge in [-0.25, -0.2) is 19.9 Å². The highest BCUT2D eigenvalue weighted by atomic mass is 79.9. The molecule has 20 aromatic rings. The molecule has 0 spiro atoms. The van der Waals surface area contributed by atoms with Crippen LogP contribution in [0.4, 0.5) is 11.4 Å². The molecule has 21 heteroatoms. The second kappa shape index (κ2) is 37.6. The molecule has 0 aliphatic heterocycles. The Balaban J connectivity index is 0.000000119. The molecule has 0 radical (unpaired) electrons. The normalized spacial score (nSPS) is 11.2. The highest BCUT2D eigenvalue weighted by Crippen LogP contribution is 2.44. The number of imidazole rings is 4. The smallest absolute Gasteiger partial charge is 0.140 e. The van der Waals surface area contributed by atoms with E-state index in [1.807, 2.05) is 124 Å². The molecule has 0 atom stereocenters. The molecule has 0 bridgehead atoms. The molecule has 19 nitrogen and oxygen atoms in total. The topological polar surface area (TPSA) is 247 Å². The van der Waals surface area contributed by atoms with Crippen molar-refractivity contribution in [3.8, 4) is 147 Å². The monoisotopic (exact) mass is 1800 g/mol. The van der Waals surface area contributed by atoms with Crippen LogP contribution >= 0.6 is 31.9 Å². The van der Waals surface area contributed by atoms with Crippen LogP contribution in [-0.4, -0.2) is 121 Å². The molecule has 0 fully saturated rings. The second-order valence-electron chi connectivity index (χ2n) is 31.9. The van der Waals surface area contributed by atoms with Crippen molar-refractivity contribution in [3.63, 3.8) is 0 Å². The minimum Gasteiger partial charge on any atom is -0.497 e. The number of nitrogens with one attached hydrogen (secondary N) is 10. The molecule has 0 saturated carbocycles. The zero-order valence-corrected chi connectivity index (χ0v) is 75.7. The summed E-state index contributed by atoms with van der Waals surface area (Å²) in [6.45, 7) is 7.99. The van der Waals surface area contributed by atoms with Crippen molar-refractivity contribution in [2.45, 2.75) is 40.5 Å². The maximum atomic E-state index is 9.41. The molecule has 634 valence electrons. The molecule has 8 heterocycles. The number of H-pyrrole nitrogens is 8. The standard InChI is InChI=1S/C28H29N5.C27H26BrN5.C26H23N3O2.C25H20BrN3O/c1-18-25(23-7-5-6-8-24(23)30-18)28-31-26(20-11-9-19(10-12-20)17-29-2)27(32-28)21-13-15-22(16-14-21)33(3)4;1-29-15-17-4-6-18(7-5-17)25-26(19-8-11-21(12-9-19)33(2)3)32-27(31-25)23-16-30-24-13-10-20(28)14-22(23)24;1-16-23(21-5-3-4-6-22(21)27-16)26-28-24(18-9-7-17(15-30)8-10-18)25(29-26)19-11-13-20(31-2)14-12-19;1-15-3-5-16(6-4-15)23-24(17-7-10-19(30-2)11-8-17)29-25(28-23)21-14-27-22-12-9-18(26)13-20(21)22/h5-16,29-30H,17H2,1-4H3,(H,31,32);4-14,16,29-30H,15H2,1-3H3,(H,31,32);3-14,27,30H,15H2,1-2H3,(H,28,29);3-14,27H,1-2H3,(H,28,29). The molecule has 0 saturated heterocycles. The Labute approximate surface area is 754 Å². The maximum absolute atomic E-state index is 9.41. The van der Waals surface area contributed by atoms with Gasteiger partial charge in [0.1, 0.15) is 34.8 Å². The number of hydrogen-bond donors (Lipinski definition) is 11. The Hall–Kier alpha value is -14.3. The van der Waals surface area contributed by atoms with Gasteiger partial charge in [0, 0.05) is 196 Å². The van der Waals surface area contributed by atoms with Crippen LogP contribution in [0.5, 0.6) is 11.5 Å². The molecule has 0 aliphatic carbocycles. The highest BCUT2D eigenvalue weighted by molar-refractivity contribution is 9.10. The van der Waals surface area contributed by atoms with Gasteiger partial charge in [-0.15, -0.1) is 0 Å². The molecule has 0 unspecified atom stereocenters. The number of rotatable bonds is 21. The first-order valence-electron chi connectivity index (χ1n) is 42.1. The quantitative estimate of drug-likeness (QED) is 0.0323. The molecular weight excluding hydrogens is 1710 g/mol. The number of para-hydroxylation sites is 2. The summed E-state index contributed by atoms with van der Waals surface area (Å²) >= 11 is 7.18. The lowest BCUT2D eigenvalue weighted by molar-refractivity contribution is 0.282. The SMILES string of the molecule is CNCc1ccc(-c2[nH]c(-c3c(C)[nH]c4ccccc34)nc2-c2ccc(N(C)C)cc2)cc1.CNCc1ccc(-c2[nH]c(-c3c[nH]c4ccc(Br)cc34)nc2-c2ccc(N(C)C)cc2)cc1.COc1ccc(-c2nc(-c3c(C)[nH]c4ccccc34)[nH]c2-c2ccc(CO)cc2)cc1.COc1ccc(-c2nc(-c3c[nH]c4ccc(Br)cc34)[nH]c2-c2ccc(C)cc2)cc1. The molecular formula is C106H98Br2N16O3. The van der Waals surface area contributed by atoms with Crippen LogP contribution in [0.15, 0.2) is 300 Å². The second-order valence-corrected chi connectivity index (χ2v) is 33.7. The predicted molar refractivity (Wildman–Crippen MR) is 530 cm³/mol. The number of hydrogen-bond acceptors (Lipinski definition) is 11. The third-order valence-corrected chi connectivity index (χ3v) is 23.9. The van der Waals surface area contributed by atoms with Crippen molar-refractivity contribution in [1.29, 1.82) is 0 Å². The van der Waals surface area contributed by atoms with Gasteiger partial charge in [0.05, 0.1) is 66.4 Å². The van der Waals surface area contributed by atoms with E-state index in [-0.39, 0.29) is 6.61 Å². The fourth-order valence-electron chi connectivity index (χ4n) is 16.2. The number of benzene rings is 12. The van der Waals surface area contributed by atoms with Gasteiger partial charge in [0.2, 0.25) is 0 Å². The lowest BCUT2D eigenvalue weighted by atomic mass is 10.0. The Bertz CT molecular complexity index is 7130. The van der Waals surface area contributed by atoms with Gasteiger partial charge in [0.15, 0.2) is 0 Å². The lowest BCUT2D eigenvalue weighted by Crippen LogP contribution is -2.07. The first-order chi connectivity index (χ1) is 61.9. The fourth-order valence-corrected chi connectivity index (χ4v) is 16.9. The van der Waals surface area contributed by atoms with Gasteiger partial charge in [-0.1, -0.05) is 195 Å². The number of anilines is 2. The largest absolute Gasteiger partial charge is 0.497 e. The first-order valence-corrected chi connectivity index (χ1v) is 43.7. The summed E-state index contributed by atoms with van der Waals surface area (Å²) in [5.41, 5.74) is 34.0. The molecule has 20 rings (SSSR count). The Kier molecular flexibility index (Phi) is 25.1. The highest BCUT2D eigenvalue weighted by Gasteiger charge is 2.25. The van der Waals surface area contributed by atoms with Gasteiger partial charge in [0.25, 0.3) is 0 Å². The summed E-state index contributed by atoms with van der Waals surface area (Å²) in [5, 5.41) is 20.4. The molecule has 8 aromatic heterocycles. The van der Waals surface area contributed by atoms with Gasteiger partial charge in [-0.3, -0.25) is 0 Å². The molecule has 11 N–H and O–H groups in total. The van der Waals surface area contributed by atoms with E-state index in [9.17, 15) is 5.11 Å². The molecule has 0 amide bonds. The zero-order chi connectivity index (χ0) is 87.9. The van der Waals surface area contributed by atoms with E-state index in [4.69, 9.17) is 29.4 Å². The number of ether oxygens (including phenoxy) is 2. The number of halogens is 2. The van der Waals surface area contributed by atoms with Crippen LogP contribution in [0, 0.1) is 20.8 Å². The van der Waals surface area contributed by atoms with Crippen molar-refractivity contribution in [3.05, 3.63) is 334 Å². The number of aromatic amines is 8. The summed E-state index contributed by atoms with van der Waals surface area (Å²) < 4.78 is 12.7. The van der Waals surface area contributed by atoms with E-state index in [1.165, 1.54) is 27.8 Å². The van der Waals surface area contributed by atoms with E-state index >= 15 is 0 Å². The van der Waals surface area contributed by atoms with E-state index in [0.717, 1.165) is 230 Å². The van der Waals surface area contributed by atoms with E-state index < -0.39 is 0 Å². The number of nitrogens with zero attached hydrogens (tertiary/aromatic N) is 6. The zero-order valence-electron chi connectivity index (χ0n) is 72.5. The number of aliphatic hydroxyl groups excluding tert-OH is 1. The van der Waals surface area contributed by atoms with Crippen molar-refractivity contribution in [2.75, 3.05) is 66.3 Å². The number of aliphatic hydroxyl groups is 1. The Morgan fingerprint density at radius 1 is 0.339 bits per heavy atom. The lowest BCUT2D eigenvalue weighted by Gasteiger charge is -2.12. The fraction of sp³-hybridized carbons (Fsp3) is 0.132. The first kappa shape index (κ1) is 84.9. The Morgan fingerprint density at radius 2 is 0.654 bits per heavy atom. The average Bonchev–Trinajstić information content (AvgIpc) is 1.62. The van der Waals surface area contributed by atoms with Crippen LogP contribution in [0.25, 0.3) is 179 Å². The van der Waals surface area contributed by atoms with Gasteiger partial charge in [-0.05, 0) is 173 Å². The van der Waals surface area contributed by atoms with Crippen molar-refractivity contribution >= 4 is 86.8 Å². The summed E-state index contributed by atoms with van der Waals surface area (Å²) in [7, 11) is 15.5. The van der Waals surface area contributed by atoms with E-state index in [2.05, 4.69) is 323 Å². The third-order valence-electron chi connectivity index (χ3n) is 22.9. The minimum atomic E-state index is 0.0222. The van der Waals surface area contributed by atoms with Gasteiger partial charge >= 0.3 is 0 Å². The minimum absolute atomic E-state index is 0.0222. The Morgan fingerprint density at radius 3 is 0.992 bits per heavy atom. The van der Waals surface area contributed by atoms with Crippen molar-refractivity contribution < 1.29 is 14.6 Å². The molecule has 0 aliphatic rings. The molecule has 12 aromatic carbocycles. The van der Waals surface area contributed by atoms with Crippen LogP contribution in [-0.2, 0) is 19.7 Å². The number of methoxy groups -OCH3 is 2. The van der Waals surface area contributed by atoms with Crippen LogP contribution < -0.4 is 29.9 Å². The van der Waals surface area contributed by atoms with Crippen LogP contribution in [0.3, 0.4) is 0 Å². The maximum Gasteiger partial charge on any atom is 0.140 e. The number of aromatic nitrogens is 12. The number of aryl methyl sites for hydroxylation is 3. The third kappa shape index (κ3) is 18.2. The van der Waals surface area contributed by atoms with Gasteiger partial charge in [-0.2, -0.15) is 0 Å². The van der Waals surface area contributed by atoms with Crippen LogP contribution in [0.2, 0.25) is 0 Å². The van der Waals surface area contributed by atoms with Crippen molar-refractivity contribution in [1.82, 2.24) is 70.4 Å². The van der Waals surface area contributed by atoms with Crippen molar-refractivity contribution in [2.24, 2.45) is 0 Å². The van der Waals surface area contributed by atoms with Gasteiger partial charge < -0.3 is 74.9 Å². The predicted octanol–water partition coefficient (Wildman–Crippen LogP) is 25.1. The van der Waals surface area contributed by atoms with E-state index in [0.29, 0.717) is 0 Å². The summed E-state index contributed by atoms with van der Waals surface area (Å²) in [5.74, 6) is 5.02. The molecule has 127 heavy (non-hydrogen) atoms.